The van der Waals surface area contributed by atoms with Crippen molar-refractivity contribution in [1.82, 2.24) is 4.72 Å². The van der Waals surface area contributed by atoms with Gasteiger partial charge in [-0.1, -0.05) is 24.3 Å². The summed E-state index contributed by atoms with van der Waals surface area (Å²) in [7, 11) is -3.44. The summed E-state index contributed by atoms with van der Waals surface area (Å²) in [6.45, 7) is 3.79. The zero-order valence-electron chi connectivity index (χ0n) is 10.7. The van der Waals surface area contributed by atoms with Crippen molar-refractivity contribution in [2.45, 2.75) is 24.2 Å². The number of benzene rings is 1. The maximum Gasteiger partial charge on any atom is 0.261 e. The van der Waals surface area contributed by atoms with Crippen LogP contribution in [0.2, 0.25) is 0 Å². The van der Waals surface area contributed by atoms with E-state index in [2.05, 4.69) is 11.3 Å². The molecule has 2 saturated carbocycles. The minimum absolute atomic E-state index is 0.324. The van der Waals surface area contributed by atoms with Crippen molar-refractivity contribution in [3.05, 3.63) is 54.3 Å². The molecule has 1 aromatic carbocycles. The summed E-state index contributed by atoms with van der Waals surface area (Å²) in [6, 6.07) is 8.53. The summed E-state index contributed by atoms with van der Waals surface area (Å²) in [5.41, 5.74) is 2.18. The first-order valence-corrected chi connectivity index (χ1v) is 8.02. The molecule has 2 atom stereocenters. The van der Waals surface area contributed by atoms with Gasteiger partial charge >= 0.3 is 0 Å². The van der Waals surface area contributed by atoms with Gasteiger partial charge in [-0.2, -0.15) is 0 Å². The molecular weight excluding hydrogens is 258 g/mol. The maximum atomic E-state index is 12.3. The average molecular weight is 275 g/mol. The van der Waals surface area contributed by atoms with Crippen molar-refractivity contribution in [2.24, 2.45) is 11.8 Å². The van der Waals surface area contributed by atoms with Crippen molar-refractivity contribution in [2.75, 3.05) is 0 Å². The van der Waals surface area contributed by atoms with Crippen LogP contribution < -0.4 is 4.72 Å². The maximum absolute atomic E-state index is 12.3. The first-order chi connectivity index (χ1) is 9.12. The highest BCUT2D eigenvalue weighted by atomic mass is 32.2. The van der Waals surface area contributed by atoms with Crippen LogP contribution in [-0.2, 0) is 10.0 Å². The van der Waals surface area contributed by atoms with E-state index in [0.29, 0.717) is 16.7 Å². The van der Waals surface area contributed by atoms with Crippen LogP contribution >= 0.6 is 0 Å². The van der Waals surface area contributed by atoms with Crippen molar-refractivity contribution in [1.29, 1.82) is 0 Å². The van der Waals surface area contributed by atoms with Gasteiger partial charge in [0.25, 0.3) is 10.0 Å². The average Bonchev–Trinajstić information content (AvgIpc) is 3.29. The molecule has 0 bridgehead atoms. The fourth-order valence-corrected chi connectivity index (χ4v) is 3.57. The largest absolute Gasteiger partial charge is 0.283 e. The molecule has 0 amide bonds. The van der Waals surface area contributed by atoms with Crippen molar-refractivity contribution in [3.8, 4) is 0 Å². The van der Waals surface area contributed by atoms with Crippen LogP contribution in [0.3, 0.4) is 0 Å². The Morgan fingerprint density at radius 3 is 2.47 bits per heavy atom. The van der Waals surface area contributed by atoms with Crippen LogP contribution in [0, 0.1) is 11.8 Å². The van der Waals surface area contributed by atoms with Crippen LogP contribution in [0.25, 0.3) is 0 Å². The van der Waals surface area contributed by atoms with Crippen LogP contribution in [0.5, 0.6) is 0 Å². The third kappa shape index (κ3) is 2.59. The van der Waals surface area contributed by atoms with E-state index in [0.717, 1.165) is 25.0 Å². The van der Waals surface area contributed by atoms with Crippen LogP contribution in [0.15, 0.2) is 59.2 Å². The predicted octanol–water partition coefficient (Wildman–Crippen LogP) is 2.83. The number of hydrogen-bond acceptors (Lipinski definition) is 2. The van der Waals surface area contributed by atoms with Crippen LogP contribution in [0.4, 0.5) is 0 Å². The molecule has 2 fully saturated rings. The third-order valence-electron chi connectivity index (χ3n) is 3.69. The van der Waals surface area contributed by atoms with Crippen molar-refractivity contribution >= 4 is 10.0 Å². The minimum Gasteiger partial charge on any atom is -0.283 e. The fourth-order valence-electron chi connectivity index (χ4n) is 2.35. The Balaban J connectivity index is 1.84. The monoisotopic (exact) mass is 275 g/mol. The van der Waals surface area contributed by atoms with E-state index in [1.807, 2.05) is 12.1 Å². The highest BCUT2D eigenvalue weighted by Gasteiger charge is 2.41. The molecule has 3 rings (SSSR count). The standard InChI is InChI=1S/C15H17NO2S/c1-2-11-10-14(11)15(12-8-9-12)16-19(17,18)13-6-4-3-5-7-13/h2-7,11,14,16H,1,8-10H2. The highest BCUT2D eigenvalue weighted by Crippen LogP contribution is 2.49. The highest BCUT2D eigenvalue weighted by molar-refractivity contribution is 7.89. The fraction of sp³-hybridized carbons (Fsp3) is 0.333. The summed E-state index contributed by atoms with van der Waals surface area (Å²) >= 11 is 0. The summed E-state index contributed by atoms with van der Waals surface area (Å²) in [5, 5.41) is 0. The number of allylic oxidation sites excluding steroid dienone is 3. The Labute approximate surface area is 114 Å². The third-order valence-corrected chi connectivity index (χ3v) is 5.07. The van der Waals surface area contributed by atoms with Gasteiger partial charge in [0.05, 0.1) is 4.90 Å². The summed E-state index contributed by atoms with van der Waals surface area (Å²) in [6.07, 6.45) is 4.98. The molecule has 0 heterocycles. The van der Waals surface area contributed by atoms with Gasteiger partial charge in [0.15, 0.2) is 0 Å². The first-order valence-electron chi connectivity index (χ1n) is 6.54. The summed E-state index contributed by atoms with van der Waals surface area (Å²) in [4.78, 5) is 0.324. The lowest BCUT2D eigenvalue weighted by atomic mass is 10.2. The minimum atomic E-state index is -3.44. The van der Waals surface area contributed by atoms with E-state index >= 15 is 0 Å². The van der Waals surface area contributed by atoms with Crippen molar-refractivity contribution < 1.29 is 8.42 Å². The van der Waals surface area contributed by atoms with Crippen molar-refractivity contribution in [3.63, 3.8) is 0 Å². The number of nitrogens with one attached hydrogen (secondary N) is 1. The molecule has 1 N–H and O–H groups in total. The Morgan fingerprint density at radius 1 is 1.26 bits per heavy atom. The number of hydrogen-bond donors (Lipinski definition) is 1. The lowest BCUT2D eigenvalue weighted by Crippen LogP contribution is -2.24. The lowest BCUT2D eigenvalue weighted by Gasteiger charge is -2.11. The van der Waals surface area contributed by atoms with Crippen LogP contribution in [-0.4, -0.2) is 8.42 Å². The topological polar surface area (TPSA) is 46.2 Å². The SMILES string of the molecule is C=CC1CC1C(NS(=O)(=O)c1ccccc1)=C1CC1. The quantitative estimate of drug-likeness (QED) is 0.840. The molecule has 0 aliphatic heterocycles. The molecule has 4 heteroatoms. The van der Waals surface area contributed by atoms with E-state index in [1.165, 1.54) is 5.57 Å². The van der Waals surface area contributed by atoms with E-state index in [9.17, 15) is 8.42 Å². The molecule has 1 aromatic rings. The van der Waals surface area contributed by atoms with Crippen LogP contribution in [0.1, 0.15) is 19.3 Å². The molecule has 100 valence electrons. The lowest BCUT2D eigenvalue weighted by molar-refractivity contribution is 0.585. The Morgan fingerprint density at radius 2 is 1.95 bits per heavy atom. The Hall–Kier alpha value is -1.55. The molecule has 0 spiro atoms. The molecular formula is C15H17NO2S. The summed E-state index contributed by atoms with van der Waals surface area (Å²) in [5.74, 6) is 0.759. The molecule has 2 aliphatic carbocycles. The predicted molar refractivity (Wildman–Crippen MR) is 74.8 cm³/mol. The van der Waals surface area contributed by atoms with Gasteiger partial charge in [0.2, 0.25) is 0 Å². The molecule has 2 aliphatic rings. The first kappa shape index (κ1) is 12.5. The normalized spacial score (nSPS) is 24.7. The summed E-state index contributed by atoms with van der Waals surface area (Å²) < 4.78 is 27.5. The Bertz CT molecular complexity index is 625. The van der Waals surface area contributed by atoms with Gasteiger partial charge in [0, 0.05) is 11.6 Å². The second-order valence-electron chi connectivity index (χ2n) is 5.18. The van der Waals surface area contributed by atoms with E-state index in [1.54, 1.807) is 24.3 Å². The zero-order chi connectivity index (χ0) is 13.5. The van der Waals surface area contributed by atoms with Gasteiger partial charge in [-0.25, -0.2) is 8.42 Å². The Kier molecular flexibility index (Phi) is 2.97. The van der Waals surface area contributed by atoms with E-state index in [4.69, 9.17) is 0 Å². The van der Waals surface area contributed by atoms with E-state index in [-0.39, 0.29) is 0 Å². The molecule has 0 radical (unpaired) electrons. The van der Waals surface area contributed by atoms with E-state index < -0.39 is 10.0 Å². The van der Waals surface area contributed by atoms with Gasteiger partial charge in [-0.05, 0) is 42.9 Å². The van der Waals surface area contributed by atoms with Gasteiger partial charge in [0.1, 0.15) is 0 Å². The molecule has 2 unspecified atom stereocenters. The molecule has 19 heavy (non-hydrogen) atoms. The van der Waals surface area contributed by atoms with Gasteiger partial charge in [-0.15, -0.1) is 6.58 Å². The van der Waals surface area contributed by atoms with Gasteiger partial charge in [-0.3, -0.25) is 4.72 Å². The second kappa shape index (κ2) is 4.53. The second-order valence-corrected chi connectivity index (χ2v) is 6.86. The number of sulfonamides is 1. The molecule has 3 nitrogen and oxygen atoms in total. The molecule has 0 saturated heterocycles. The smallest absolute Gasteiger partial charge is 0.261 e. The number of rotatable bonds is 5. The molecule has 0 aromatic heterocycles. The van der Waals surface area contributed by atoms with Gasteiger partial charge < -0.3 is 0 Å². The zero-order valence-corrected chi connectivity index (χ0v) is 11.5.